The summed E-state index contributed by atoms with van der Waals surface area (Å²) in [6, 6.07) is 20.8. The van der Waals surface area contributed by atoms with E-state index in [9.17, 15) is 5.11 Å². The fourth-order valence-corrected chi connectivity index (χ4v) is 4.79. The molecule has 1 aliphatic heterocycles. The van der Waals surface area contributed by atoms with Crippen LogP contribution >= 0.6 is 0 Å². The van der Waals surface area contributed by atoms with Crippen molar-refractivity contribution in [2.24, 2.45) is 0 Å². The van der Waals surface area contributed by atoms with Crippen molar-refractivity contribution in [1.29, 1.82) is 0 Å². The molecule has 3 heterocycles. The molecule has 0 aliphatic carbocycles. The zero-order valence-electron chi connectivity index (χ0n) is 20.8. The molecule has 7 nitrogen and oxygen atoms in total. The molecule has 35 heavy (non-hydrogen) atoms. The summed E-state index contributed by atoms with van der Waals surface area (Å²) >= 11 is 0. The van der Waals surface area contributed by atoms with E-state index in [1.165, 1.54) is 11.3 Å². The first-order chi connectivity index (χ1) is 17.0. The third-order valence-electron chi connectivity index (χ3n) is 6.88. The van der Waals surface area contributed by atoms with Crippen molar-refractivity contribution in [2.45, 2.75) is 38.9 Å². The lowest BCUT2D eigenvalue weighted by molar-refractivity contribution is 0.263. The summed E-state index contributed by atoms with van der Waals surface area (Å²) in [4.78, 5) is 14.2. The minimum atomic E-state index is 0.211. The Morgan fingerprint density at radius 3 is 2.57 bits per heavy atom. The number of pyridine rings is 1. The van der Waals surface area contributed by atoms with Gasteiger partial charge in [-0.3, -0.25) is 4.98 Å². The van der Waals surface area contributed by atoms with Gasteiger partial charge in [0.15, 0.2) is 0 Å². The fourth-order valence-electron chi connectivity index (χ4n) is 4.79. The molecule has 1 fully saturated rings. The number of para-hydroxylation sites is 1. The number of nitrogens with one attached hydrogen (secondary N) is 1. The smallest absolute Gasteiger partial charge is 0.204 e. The molecule has 182 valence electrons. The molecule has 7 heteroatoms. The molecule has 2 aromatic heterocycles. The highest BCUT2D eigenvalue weighted by Crippen LogP contribution is 2.27. The molecule has 0 atom stereocenters. The second kappa shape index (κ2) is 9.96. The molecule has 0 unspecified atom stereocenters. The number of aromatic hydroxyl groups is 1. The van der Waals surface area contributed by atoms with Crippen molar-refractivity contribution in [3.05, 3.63) is 77.6 Å². The van der Waals surface area contributed by atoms with Crippen molar-refractivity contribution in [1.82, 2.24) is 19.4 Å². The Morgan fingerprint density at radius 2 is 1.80 bits per heavy atom. The van der Waals surface area contributed by atoms with Crippen LogP contribution in [0.5, 0.6) is 5.75 Å². The molecule has 1 aliphatic rings. The van der Waals surface area contributed by atoms with E-state index in [0.717, 1.165) is 55.2 Å². The molecule has 0 amide bonds. The summed E-state index contributed by atoms with van der Waals surface area (Å²) in [5, 5.41) is 14.2. The van der Waals surface area contributed by atoms with Crippen LogP contribution in [0, 0.1) is 6.92 Å². The van der Waals surface area contributed by atoms with E-state index in [1.807, 2.05) is 19.1 Å². The maximum Gasteiger partial charge on any atom is 0.204 e. The molecular formula is C28H34N6O. The first kappa shape index (κ1) is 23.2. The molecule has 0 radical (unpaired) electrons. The molecule has 5 rings (SSSR count). The summed E-state index contributed by atoms with van der Waals surface area (Å²) < 4.78 is 2.17. The van der Waals surface area contributed by atoms with Crippen molar-refractivity contribution in [3.8, 4) is 5.75 Å². The Bertz CT molecular complexity index is 1290. The van der Waals surface area contributed by atoms with E-state index in [-0.39, 0.29) is 5.75 Å². The number of aryl methyl sites for hydroxylation is 1. The summed E-state index contributed by atoms with van der Waals surface area (Å²) in [6.45, 7) is 5.35. The topological polar surface area (TPSA) is 69.5 Å². The van der Waals surface area contributed by atoms with Crippen molar-refractivity contribution in [3.63, 3.8) is 0 Å². The molecule has 0 bridgehead atoms. The van der Waals surface area contributed by atoms with E-state index in [0.29, 0.717) is 18.3 Å². The summed E-state index contributed by atoms with van der Waals surface area (Å²) in [6.07, 6.45) is 2.17. The van der Waals surface area contributed by atoms with Gasteiger partial charge in [-0.15, -0.1) is 0 Å². The number of rotatable bonds is 7. The minimum Gasteiger partial charge on any atom is -0.506 e. The Hall–Kier alpha value is -3.58. The molecule has 1 saturated heterocycles. The lowest BCUT2D eigenvalue weighted by Gasteiger charge is -2.29. The number of fused-ring (bicyclic) bond motifs is 1. The van der Waals surface area contributed by atoms with E-state index >= 15 is 0 Å². The summed E-state index contributed by atoms with van der Waals surface area (Å²) in [5.74, 6) is 1.05. The zero-order chi connectivity index (χ0) is 24.4. The van der Waals surface area contributed by atoms with Crippen LogP contribution in [-0.4, -0.2) is 57.8 Å². The molecule has 0 spiro atoms. The van der Waals surface area contributed by atoms with Crippen LogP contribution in [0.1, 0.15) is 29.8 Å². The highest BCUT2D eigenvalue weighted by molar-refractivity contribution is 5.80. The van der Waals surface area contributed by atoms with Gasteiger partial charge in [0.05, 0.1) is 17.6 Å². The van der Waals surface area contributed by atoms with Crippen LogP contribution in [-0.2, 0) is 13.1 Å². The highest BCUT2D eigenvalue weighted by Gasteiger charge is 2.21. The zero-order valence-corrected chi connectivity index (χ0v) is 20.8. The quantitative estimate of drug-likeness (QED) is 0.410. The third kappa shape index (κ3) is 5.25. The van der Waals surface area contributed by atoms with E-state index < -0.39 is 0 Å². The van der Waals surface area contributed by atoms with Crippen molar-refractivity contribution in [2.75, 3.05) is 37.4 Å². The van der Waals surface area contributed by atoms with Gasteiger partial charge in [-0.05, 0) is 81.9 Å². The first-order valence-electron chi connectivity index (χ1n) is 12.3. The van der Waals surface area contributed by atoms with Gasteiger partial charge in [0.25, 0.3) is 0 Å². The Balaban J connectivity index is 1.49. The largest absolute Gasteiger partial charge is 0.506 e. The summed E-state index contributed by atoms with van der Waals surface area (Å²) in [5.41, 5.74) is 5.91. The molecule has 0 saturated carbocycles. The third-order valence-corrected chi connectivity index (χ3v) is 6.88. The normalized spacial score (nSPS) is 14.9. The molecule has 2 aromatic carbocycles. The van der Waals surface area contributed by atoms with Gasteiger partial charge in [-0.1, -0.05) is 24.3 Å². The molecule has 4 aromatic rings. The Kier molecular flexibility index (Phi) is 6.59. The van der Waals surface area contributed by atoms with E-state index in [4.69, 9.17) is 4.98 Å². The van der Waals surface area contributed by atoms with Crippen LogP contribution in [0.25, 0.3) is 11.0 Å². The Morgan fingerprint density at radius 1 is 1.03 bits per heavy atom. The lowest BCUT2D eigenvalue weighted by atomic mass is 10.1. The standard InChI is InChI=1S/C28H34N6O/c1-20-9-12-27(35)25(29-20)19-34-26-17-21(18-33(3)23-7-5-4-6-8-23)10-11-24(26)31-28(34)30-22-13-15-32(2)16-14-22/h4-12,17,22,35H,13-16,18-19H2,1-3H3,(H,30,31). The van der Waals surface area contributed by atoms with Gasteiger partial charge >= 0.3 is 0 Å². The van der Waals surface area contributed by atoms with Gasteiger partial charge in [-0.25, -0.2) is 4.98 Å². The average Bonchev–Trinajstić information content (AvgIpc) is 3.19. The van der Waals surface area contributed by atoms with E-state index in [2.05, 4.69) is 81.2 Å². The van der Waals surface area contributed by atoms with E-state index in [1.54, 1.807) is 6.07 Å². The number of hydrogen-bond donors (Lipinski definition) is 2. The van der Waals surface area contributed by atoms with Crippen LogP contribution < -0.4 is 10.2 Å². The van der Waals surface area contributed by atoms with Crippen LogP contribution in [0.2, 0.25) is 0 Å². The second-order valence-electron chi connectivity index (χ2n) is 9.68. The lowest BCUT2D eigenvalue weighted by Crippen LogP contribution is -2.37. The monoisotopic (exact) mass is 470 g/mol. The predicted molar refractivity (Wildman–Crippen MR) is 142 cm³/mol. The minimum absolute atomic E-state index is 0.211. The second-order valence-corrected chi connectivity index (χ2v) is 9.68. The number of hydrogen-bond acceptors (Lipinski definition) is 6. The number of piperidine rings is 1. The number of benzene rings is 2. The van der Waals surface area contributed by atoms with Crippen LogP contribution in [0.15, 0.2) is 60.7 Å². The van der Waals surface area contributed by atoms with Crippen LogP contribution in [0.3, 0.4) is 0 Å². The SMILES string of the molecule is Cc1ccc(O)c(Cn2c(NC3CCN(C)CC3)nc3ccc(CN(C)c4ccccc4)cc32)n1. The summed E-state index contributed by atoms with van der Waals surface area (Å²) in [7, 11) is 4.28. The Labute approximate surface area is 207 Å². The van der Waals surface area contributed by atoms with Crippen LogP contribution in [0.4, 0.5) is 11.6 Å². The maximum atomic E-state index is 10.5. The van der Waals surface area contributed by atoms with Gasteiger partial charge < -0.3 is 24.8 Å². The molecular weight excluding hydrogens is 436 g/mol. The number of likely N-dealkylation sites (tertiary alicyclic amines) is 1. The van der Waals surface area contributed by atoms with Gasteiger partial charge in [0.2, 0.25) is 5.95 Å². The fraction of sp³-hybridized carbons (Fsp3) is 0.357. The number of imidazole rings is 1. The van der Waals surface area contributed by atoms with Crippen molar-refractivity contribution < 1.29 is 5.11 Å². The van der Waals surface area contributed by atoms with Gasteiger partial charge in [0.1, 0.15) is 11.4 Å². The van der Waals surface area contributed by atoms with Gasteiger partial charge in [0, 0.05) is 31.0 Å². The highest BCUT2D eigenvalue weighted by atomic mass is 16.3. The number of aromatic nitrogens is 3. The average molecular weight is 471 g/mol. The number of anilines is 2. The maximum absolute atomic E-state index is 10.5. The number of nitrogens with zero attached hydrogens (tertiary/aromatic N) is 5. The van der Waals surface area contributed by atoms with Gasteiger partial charge in [-0.2, -0.15) is 0 Å². The first-order valence-corrected chi connectivity index (χ1v) is 12.3. The predicted octanol–water partition coefficient (Wildman–Crippen LogP) is 4.64. The molecule has 2 N–H and O–H groups in total. The van der Waals surface area contributed by atoms with Crippen molar-refractivity contribution >= 4 is 22.7 Å².